The average Bonchev–Trinajstić information content (AvgIpc) is 2.79. The van der Waals surface area contributed by atoms with Crippen LogP contribution in [0.25, 0.3) is 11.1 Å². The number of ether oxygens (including phenoxy) is 1. The van der Waals surface area contributed by atoms with Crippen molar-refractivity contribution in [3.8, 4) is 11.1 Å². The van der Waals surface area contributed by atoms with E-state index in [1.165, 1.54) is 11.1 Å². The standard InChI is InChI=1S/C14H12ClNO/c15-13-6-10(3-4-14(13)16)9-1-2-11-7-17-8-12(11)5-9/h1-6H,7-8,16H2. The van der Waals surface area contributed by atoms with Crippen LogP contribution < -0.4 is 5.73 Å². The smallest absolute Gasteiger partial charge is 0.0725 e. The zero-order valence-electron chi connectivity index (χ0n) is 9.24. The first-order chi connectivity index (χ1) is 8.24. The van der Waals surface area contributed by atoms with E-state index in [0.29, 0.717) is 17.3 Å². The number of rotatable bonds is 1. The van der Waals surface area contributed by atoms with Gasteiger partial charge in [-0.1, -0.05) is 29.8 Å². The Morgan fingerprint density at radius 3 is 2.47 bits per heavy atom. The van der Waals surface area contributed by atoms with Gasteiger partial charge in [0.05, 0.1) is 23.9 Å². The molecule has 86 valence electrons. The molecule has 1 aliphatic heterocycles. The van der Waals surface area contributed by atoms with Gasteiger partial charge < -0.3 is 10.5 Å². The summed E-state index contributed by atoms with van der Waals surface area (Å²) >= 11 is 6.03. The molecule has 2 aromatic rings. The van der Waals surface area contributed by atoms with Gasteiger partial charge in [0, 0.05) is 0 Å². The molecule has 1 aliphatic rings. The van der Waals surface area contributed by atoms with E-state index >= 15 is 0 Å². The van der Waals surface area contributed by atoms with Gasteiger partial charge >= 0.3 is 0 Å². The highest BCUT2D eigenvalue weighted by Crippen LogP contribution is 2.30. The molecule has 0 bridgehead atoms. The highest BCUT2D eigenvalue weighted by Gasteiger charge is 2.12. The molecule has 2 nitrogen and oxygen atoms in total. The lowest BCUT2D eigenvalue weighted by atomic mass is 10.0. The van der Waals surface area contributed by atoms with Gasteiger partial charge in [-0.25, -0.2) is 0 Å². The molecule has 0 aliphatic carbocycles. The van der Waals surface area contributed by atoms with Gasteiger partial charge in [-0.2, -0.15) is 0 Å². The normalized spacial score (nSPS) is 13.7. The molecule has 3 heteroatoms. The van der Waals surface area contributed by atoms with Crippen LogP contribution in [0.1, 0.15) is 11.1 Å². The average molecular weight is 246 g/mol. The van der Waals surface area contributed by atoms with Crippen LogP contribution in [-0.4, -0.2) is 0 Å². The Morgan fingerprint density at radius 1 is 0.941 bits per heavy atom. The molecule has 0 atom stereocenters. The fraction of sp³-hybridized carbons (Fsp3) is 0.143. The number of benzene rings is 2. The minimum Gasteiger partial charge on any atom is -0.398 e. The van der Waals surface area contributed by atoms with Gasteiger partial charge in [0.1, 0.15) is 0 Å². The Bertz CT molecular complexity index is 580. The number of anilines is 1. The number of halogens is 1. The van der Waals surface area contributed by atoms with Gasteiger partial charge in [-0.05, 0) is 40.5 Å². The second-order valence-corrected chi connectivity index (χ2v) is 4.62. The predicted molar refractivity (Wildman–Crippen MR) is 69.8 cm³/mol. The molecule has 0 aromatic heterocycles. The SMILES string of the molecule is Nc1ccc(-c2ccc3c(c2)COC3)cc1Cl. The van der Waals surface area contributed by atoms with Gasteiger partial charge in [0.15, 0.2) is 0 Å². The third-order valence-electron chi connectivity index (χ3n) is 3.06. The van der Waals surface area contributed by atoms with Crippen LogP contribution in [-0.2, 0) is 18.0 Å². The van der Waals surface area contributed by atoms with Crippen LogP contribution in [0.5, 0.6) is 0 Å². The maximum Gasteiger partial charge on any atom is 0.0725 e. The van der Waals surface area contributed by atoms with E-state index in [4.69, 9.17) is 22.1 Å². The van der Waals surface area contributed by atoms with E-state index in [1.54, 1.807) is 0 Å². The molecule has 0 amide bonds. The molecule has 3 rings (SSSR count). The molecule has 0 unspecified atom stereocenters. The third-order valence-corrected chi connectivity index (χ3v) is 3.38. The maximum atomic E-state index is 6.03. The van der Waals surface area contributed by atoms with E-state index in [0.717, 1.165) is 17.7 Å². The van der Waals surface area contributed by atoms with Crippen molar-refractivity contribution in [2.24, 2.45) is 0 Å². The summed E-state index contributed by atoms with van der Waals surface area (Å²) in [5.41, 5.74) is 11.1. The minimum absolute atomic E-state index is 0.597. The van der Waals surface area contributed by atoms with Crippen molar-refractivity contribution in [1.29, 1.82) is 0 Å². The van der Waals surface area contributed by atoms with Crippen molar-refractivity contribution in [1.82, 2.24) is 0 Å². The molecular weight excluding hydrogens is 234 g/mol. The lowest BCUT2D eigenvalue weighted by Crippen LogP contribution is -1.88. The summed E-state index contributed by atoms with van der Waals surface area (Å²) in [6.45, 7) is 1.42. The van der Waals surface area contributed by atoms with E-state index < -0.39 is 0 Å². The van der Waals surface area contributed by atoms with Crippen molar-refractivity contribution in [3.63, 3.8) is 0 Å². The summed E-state index contributed by atoms with van der Waals surface area (Å²) < 4.78 is 5.40. The predicted octanol–water partition coefficient (Wildman–Crippen LogP) is 3.62. The quantitative estimate of drug-likeness (QED) is 0.779. The van der Waals surface area contributed by atoms with Crippen molar-refractivity contribution in [3.05, 3.63) is 52.5 Å². The molecule has 2 N–H and O–H groups in total. The Hall–Kier alpha value is -1.51. The molecule has 0 saturated carbocycles. The third kappa shape index (κ3) is 1.90. The fourth-order valence-corrected chi connectivity index (χ4v) is 2.24. The van der Waals surface area contributed by atoms with Gasteiger partial charge in [0.2, 0.25) is 0 Å². The van der Waals surface area contributed by atoms with Gasteiger partial charge in [-0.15, -0.1) is 0 Å². The molecule has 0 fully saturated rings. The highest BCUT2D eigenvalue weighted by atomic mass is 35.5. The topological polar surface area (TPSA) is 35.2 Å². The number of nitrogens with two attached hydrogens (primary N) is 1. The van der Waals surface area contributed by atoms with Crippen LogP contribution in [0.4, 0.5) is 5.69 Å². The lowest BCUT2D eigenvalue weighted by Gasteiger charge is -2.06. The Kier molecular flexibility index (Phi) is 2.54. The first-order valence-electron chi connectivity index (χ1n) is 5.49. The van der Waals surface area contributed by atoms with Crippen LogP contribution in [0.15, 0.2) is 36.4 Å². The van der Waals surface area contributed by atoms with E-state index in [9.17, 15) is 0 Å². The van der Waals surface area contributed by atoms with Crippen molar-refractivity contribution >= 4 is 17.3 Å². The zero-order valence-corrected chi connectivity index (χ0v) is 10.00. The van der Waals surface area contributed by atoms with Crippen molar-refractivity contribution in [2.75, 3.05) is 5.73 Å². The van der Waals surface area contributed by atoms with Gasteiger partial charge in [0.25, 0.3) is 0 Å². The van der Waals surface area contributed by atoms with Crippen LogP contribution in [0.2, 0.25) is 5.02 Å². The summed E-state index contributed by atoms with van der Waals surface area (Å²) in [7, 11) is 0. The molecule has 0 radical (unpaired) electrons. The second kappa shape index (κ2) is 4.06. The minimum atomic E-state index is 0.597. The number of nitrogen functional groups attached to an aromatic ring is 1. The molecule has 1 heterocycles. The van der Waals surface area contributed by atoms with E-state index in [1.807, 2.05) is 18.2 Å². The number of fused-ring (bicyclic) bond motifs is 1. The summed E-state index contributed by atoms with van der Waals surface area (Å²) in [5.74, 6) is 0. The molecular formula is C14H12ClNO. The van der Waals surface area contributed by atoms with Crippen molar-refractivity contribution < 1.29 is 4.74 Å². The van der Waals surface area contributed by atoms with Crippen LogP contribution in [0.3, 0.4) is 0 Å². The Balaban J connectivity index is 2.06. The first kappa shape index (κ1) is 10.6. The summed E-state index contributed by atoms with van der Waals surface area (Å²) in [5, 5.41) is 0.597. The lowest BCUT2D eigenvalue weighted by molar-refractivity contribution is 0.134. The largest absolute Gasteiger partial charge is 0.398 e. The molecule has 17 heavy (non-hydrogen) atoms. The van der Waals surface area contributed by atoms with Crippen LogP contribution >= 0.6 is 11.6 Å². The van der Waals surface area contributed by atoms with Gasteiger partial charge in [-0.3, -0.25) is 0 Å². The number of hydrogen-bond acceptors (Lipinski definition) is 2. The zero-order chi connectivity index (χ0) is 11.8. The summed E-state index contributed by atoms with van der Waals surface area (Å²) in [4.78, 5) is 0. The molecule has 2 aromatic carbocycles. The first-order valence-corrected chi connectivity index (χ1v) is 5.87. The number of hydrogen-bond donors (Lipinski definition) is 1. The van der Waals surface area contributed by atoms with Crippen molar-refractivity contribution in [2.45, 2.75) is 13.2 Å². The summed E-state index contributed by atoms with van der Waals surface area (Å²) in [6, 6.07) is 12.1. The molecule has 0 saturated heterocycles. The summed E-state index contributed by atoms with van der Waals surface area (Å²) in [6.07, 6.45) is 0. The van der Waals surface area contributed by atoms with E-state index in [2.05, 4.69) is 18.2 Å². The monoisotopic (exact) mass is 245 g/mol. The van der Waals surface area contributed by atoms with E-state index in [-0.39, 0.29) is 0 Å². The Morgan fingerprint density at radius 2 is 1.65 bits per heavy atom. The highest BCUT2D eigenvalue weighted by molar-refractivity contribution is 6.33. The second-order valence-electron chi connectivity index (χ2n) is 4.21. The molecule has 0 spiro atoms. The fourth-order valence-electron chi connectivity index (χ4n) is 2.06. The maximum absolute atomic E-state index is 6.03. The Labute approximate surface area is 105 Å². The van der Waals surface area contributed by atoms with Crippen LogP contribution in [0, 0.1) is 0 Å².